The van der Waals surface area contributed by atoms with Gasteiger partial charge in [0.25, 0.3) is 0 Å². The molecule has 0 saturated carbocycles. The molecule has 0 saturated heterocycles. The van der Waals surface area contributed by atoms with Gasteiger partial charge in [0.05, 0.1) is 6.54 Å². The number of aryl methyl sites for hydroxylation is 1. The lowest BCUT2D eigenvalue weighted by atomic mass is 10.2. The second-order valence-electron chi connectivity index (χ2n) is 3.23. The average Bonchev–Trinajstić information content (AvgIpc) is 2.21. The van der Waals surface area contributed by atoms with E-state index in [1.54, 1.807) is 18.2 Å². The SMILES string of the molecule is Cc1ccc(NC(=O)CNC(N)=O)cc1Cl. The zero-order chi connectivity index (χ0) is 12.1. The Balaban J connectivity index is 2.56. The van der Waals surface area contributed by atoms with Crippen LogP contribution >= 0.6 is 11.6 Å². The van der Waals surface area contributed by atoms with Gasteiger partial charge in [0, 0.05) is 10.7 Å². The van der Waals surface area contributed by atoms with Crippen LogP contribution in [0.5, 0.6) is 0 Å². The first-order valence-electron chi connectivity index (χ1n) is 4.58. The number of carbonyl (C=O) groups is 2. The Kier molecular flexibility index (Phi) is 4.13. The normalized spacial score (nSPS) is 9.62. The molecule has 0 unspecified atom stereocenters. The van der Waals surface area contributed by atoms with Crippen LogP contribution in [0.4, 0.5) is 10.5 Å². The fraction of sp³-hybridized carbons (Fsp3) is 0.200. The molecule has 6 heteroatoms. The second kappa shape index (κ2) is 5.37. The van der Waals surface area contributed by atoms with Gasteiger partial charge in [0.1, 0.15) is 0 Å². The number of hydrogen-bond donors (Lipinski definition) is 3. The molecule has 86 valence electrons. The van der Waals surface area contributed by atoms with Crippen LogP contribution in [-0.2, 0) is 4.79 Å². The molecule has 1 aromatic rings. The summed E-state index contributed by atoms with van der Waals surface area (Å²) in [6, 6.07) is 4.42. The molecule has 1 rings (SSSR count). The Bertz CT molecular complexity index is 421. The molecule has 1 aromatic carbocycles. The van der Waals surface area contributed by atoms with Gasteiger partial charge in [-0.05, 0) is 24.6 Å². The van der Waals surface area contributed by atoms with E-state index in [4.69, 9.17) is 17.3 Å². The smallest absolute Gasteiger partial charge is 0.312 e. The number of nitrogens with one attached hydrogen (secondary N) is 2. The van der Waals surface area contributed by atoms with Crippen molar-refractivity contribution >= 4 is 29.2 Å². The minimum Gasteiger partial charge on any atom is -0.352 e. The van der Waals surface area contributed by atoms with Crippen LogP contribution in [0.3, 0.4) is 0 Å². The molecule has 4 N–H and O–H groups in total. The molecule has 0 fully saturated rings. The first kappa shape index (κ1) is 12.3. The highest BCUT2D eigenvalue weighted by Crippen LogP contribution is 2.19. The van der Waals surface area contributed by atoms with Gasteiger partial charge in [-0.25, -0.2) is 4.79 Å². The van der Waals surface area contributed by atoms with E-state index in [0.717, 1.165) is 5.56 Å². The Morgan fingerprint density at radius 3 is 2.69 bits per heavy atom. The number of anilines is 1. The summed E-state index contributed by atoms with van der Waals surface area (Å²) in [6.07, 6.45) is 0. The summed E-state index contributed by atoms with van der Waals surface area (Å²) >= 11 is 5.88. The first-order chi connectivity index (χ1) is 7.49. The van der Waals surface area contributed by atoms with Crippen LogP contribution < -0.4 is 16.4 Å². The van der Waals surface area contributed by atoms with Crippen molar-refractivity contribution < 1.29 is 9.59 Å². The van der Waals surface area contributed by atoms with E-state index in [1.807, 2.05) is 6.92 Å². The number of halogens is 1. The van der Waals surface area contributed by atoms with E-state index in [0.29, 0.717) is 10.7 Å². The zero-order valence-electron chi connectivity index (χ0n) is 8.71. The van der Waals surface area contributed by atoms with Crippen molar-refractivity contribution in [1.82, 2.24) is 5.32 Å². The molecular formula is C10H12ClN3O2. The Labute approximate surface area is 98.0 Å². The van der Waals surface area contributed by atoms with Gasteiger partial charge >= 0.3 is 6.03 Å². The first-order valence-corrected chi connectivity index (χ1v) is 4.96. The monoisotopic (exact) mass is 241 g/mol. The third-order valence-electron chi connectivity index (χ3n) is 1.88. The van der Waals surface area contributed by atoms with Gasteiger partial charge in [-0.1, -0.05) is 17.7 Å². The van der Waals surface area contributed by atoms with Crippen LogP contribution in [-0.4, -0.2) is 18.5 Å². The van der Waals surface area contributed by atoms with Crippen LogP contribution in [0.2, 0.25) is 5.02 Å². The quantitative estimate of drug-likeness (QED) is 0.744. The molecule has 0 radical (unpaired) electrons. The largest absolute Gasteiger partial charge is 0.352 e. The summed E-state index contributed by atoms with van der Waals surface area (Å²) in [5.41, 5.74) is 6.33. The standard InChI is InChI=1S/C10H12ClN3O2/c1-6-2-3-7(4-8(6)11)14-9(15)5-13-10(12)16/h2-4H,5H2,1H3,(H,14,15)(H3,12,13,16). The zero-order valence-corrected chi connectivity index (χ0v) is 9.47. The topological polar surface area (TPSA) is 84.2 Å². The highest BCUT2D eigenvalue weighted by molar-refractivity contribution is 6.31. The van der Waals surface area contributed by atoms with E-state index >= 15 is 0 Å². The van der Waals surface area contributed by atoms with Crippen molar-refractivity contribution in [2.45, 2.75) is 6.92 Å². The van der Waals surface area contributed by atoms with Crippen LogP contribution in [0, 0.1) is 6.92 Å². The van der Waals surface area contributed by atoms with Crippen LogP contribution in [0.15, 0.2) is 18.2 Å². The highest BCUT2D eigenvalue weighted by Gasteiger charge is 2.04. The van der Waals surface area contributed by atoms with Gasteiger partial charge < -0.3 is 16.4 Å². The third-order valence-corrected chi connectivity index (χ3v) is 2.29. The molecule has 0 aliphatic carbocycles. The molecule has 0 bridgehead atoms. The average molecular weight is 242 g/mol. The molecule has 0 atom stereocenters. The molecule has 16 heavy (non-hydrogen) atoms. The Hall–Kier alpha value is -1.75. The lowest BCUT2D eigenvalue weighted by molar-refractivity contribution is -0.115. The fourth-order valence-corrected chi connectivity index (χ4v) is 1.22. The van der Waals surface area contributed by atoms with E-state index < -0.39 is 6.03 Å². The van der Waals surface area contributed by atoms with Crippen molar-refractivity contribution in [1.29, 1.82) is 0 Å². The third kappa shape index (κ3) is 3.78. The number of benzene rings is 1. The molecule has 5 nitrogen and oxygen atoms in total. The Morgan fingerprint density at radius 1 is 1.44 bits per heavy atom. The lowest BCUT2D eigenvalue weighted by Crippen LogP contribution is -2.36. The molecule has 0 aliphatic heterocycles. The van der Waals surface area contributed by atoms with Crippen LogP contribution in [0.1, 0.15) is 5.56 Å². The van der Waals surface area contributed by atoms with Gasteiger partial charge in [-0.2, -0.15) is 0 Å². The second-order valence-corrected chi connectivity index (χ2v) is 3.64. The maximum absolute atomic E-state index is 11.3. The summed E-state index contributed by atoms with van der Waals surface area (Å²) in [5, 5.41) is 5.33. The highest BCUT2D eigenvalue weighted by atomic mass is 35.5. The predicted molar refractivity (Wildman–Crippen MR) is 62.4 cm³/mol. The van der Waals surface area contributed by atoms with Crippen molar-refractivity contribution in [3.63, 3.8) is 0 Å². The number of nitrogens with two attached hydrogens (primary N) is 1. The maximum atomic E-state index is 11.3. The van der Waals surface area contributed by atoms with E-state index in [1.165, 1.54) is 0 Å². The molecule has 0 aromatic heterocycles. The fourth-order valence-electron chi connectivity index (χ4n) is 1.04. The number of primary amides is 1. The van der Waals surface area contributed by atoms with Crippen molar-refractivity contribution in [2.24, 2.45) is 5.73 Å². The summed E-state index contributed by atoms with van der Waals surface area (Å²) in [5.74, 6) is -0.362. The summed E-state index contributed by atoms with van der Waals surface area (Å²) in [6.45, 7) is 1.70. The van der Waals surface area contributed by atoms with Crippen molar-refractivity contribution in [3.05, 3.63) is 28.8 Å². The van der Waals surface area contributed by atoms with E-state index in [9.17, 15) is 9.59 Å². The van der Waals surface area contributed by atoms with Gasteiger partial charge in [0.2, 0.25) is 5.91 Å². The summed E-state index contributed by atoms with van der Waals surface area (Å²) in [7, 11) is 0. The number of hydrogen-bond acceptors (Lipinski definition) is 2. The predicted octanol–water partition coefficient (Wildman–Crippen LogP) is 1.26. The number of amides is 3. The van der Waals surface area contributed by atoms with Crippen LogP contribution in [0.25, 0.3) is 0 Å². The molecule has 0 aliphatic rings. The Morgan fingerprint density at radius 2 is 2.12 bits per heavy atom. The molecule has 0 spiro atoms. The minimum absolute atomic E-state index is 0.166. The van der Waals surface area contributed by atoms with E-state index in [-0.39, 0.29) is 12.5 Å². The molecular weight excluding hydrogens is 230 g/mol. The maximum Gasteiger partial charge on any atom is 0.312 e. The van der Waals surface area contributed by atoms with Crippen molar-refractivity contribution in [3.8, 4) is 0 Å². The lowest BCUT2D eigenvalue weighted by Gasteiger charge is -2.06. The summed E-state index contributed by atoms with van der Waals surface area (Å²) in [4.78, 5) is 21.7. The van der Waals surface area contributed by atoms with E-state index in [2.05, 4.69) is 10.6 Å². The molecule has 0 heterocycles. The number of urea groups is 1. The summed E-state index contributed by atoms with van der Waals surface area (Å²) < 4.78 is 0. The molecule has 3 amide bonds. The minimum atomic E-state index is -0.739. The number of rotatable bonds is 3. The van der Waals surface area contributed by atoms with Gasteiger partial charge in [-0.15, -0.1) is 0 Å². The van der Waals surface area contributed by atoms with Crippen molar-refractivity contribution in [2.75, 3.05) is 11.9 Å². The number of carbonyl (C=O) groups excluding carboxylic acids is 2. The van der Waals surface area contributed by atoms with Gasteiger partial charge in [-0.3, -0.25) is 4.79 Å². The van der Waals surface area contributed by atoms with Gasteiger partial charge in [0.15, 0.2) is 0 Å².